The molecule has 1 amide bonds. The van der Waals surface area contributed by atoms with Crippen molar-refractivity contribution >= 4 is 17.5 Å². The highest BCUT2D eigenvalue weighted by atomic mass is 35.5. The molecule has 0 unspecified atom stereocenters. The zero-order valence-electron chi connectivity index (χ0n) is 9.99. The summed E-state index contributed by atoms with van der Waals surface area (Å²) in [7, 11) is 0. The molecule has 1 aromatic rings. The van der Waals surface area contributed by atoms with Gasteiger partial charge >= 0.3 is 0 Å². The van der Waals surface area contributed by atoms with Gasteiger partial charge in [0.05, 0.1) is 6.42 Å². The van der Waals surface area contributed by atoms with Crippen molar-refractivity contribution < 1.29 is 4.79 Å². The van der Waals surface area contributed by atoms with Crippen molar-refractivity contribution in [1.82, 2.24) is 4.90 Å². The zero-order chi connectivity index (χ0) is 12.1. The molecule has 1 saturated heterocycles. The normalized spacial score (nSPS) is 16.6. The molecule has 0 aliphatic carbocycles. The van der Waals surface area contributed by atoms with Gasteiger partial charge in [-0.3, -0.25) is 4.79 Å². The molecule has 0 spiro atoms. The SMILES string of the molecule is O=C(Cc1ccccc1Cl)N1CCCCCC1. The standard InChI is InChI=1S/C14H18ClNO/c15-13-8-4-3-7-12(13)11-14(17)16-9-5-1-2-6-10-16/h3-4,7-8H,1-2,5-6,9-11H2. The van der Waals surface area contributed by atoms with Gasteiger partial charge in [0.2, 0.25) is 5.91 Å². The second-order valence-corrected chi connectivity index (χ2v) is 4.97. The lowest BCUT2D eigenvalue weighted by atomic mass is 10.1. The summed E-state index contributed by atoms with van der Waals surface area (Å²) in [4.78, 5) is 14.1. The topological polar surface area (TPSA) is 20.3 Å². The Morgan fingerprint density at radius 3 is 2.41 bits per heavy atom. The molecule has 1 aromatic carbocycles. The molecule has 17 heavy (non-hydrogen) atoms. The Morgan fingerprint density at radius 2 is 1.76 bits per heavy atom. The number of nitrogens with zero attached hydrogens (tertiary/aromatic N) is 1. The van der Waals surface area contributed by atoms with Crippen molar-refractivity contribution in [1.29, 1.82) is 0 Å². The lowest BCUT2D eigenvalue weighted by Crippen LogP contribution is -2.33. The fourth-order valence-electron chi connectivity index (χ4n) is 2.24. The highest BCUT2D eigenvalue weighted by Crippen LogP contribution is 2.17. The van der Waals surface area contributed by atoms with E-state index < -0.39 is 0 Å². The molecule has 0 saturated carbocycles. The van der Waals surface area contributed by atoms with Gasteiger partial charge in [-0.15, -0.1) is 0 Å². The minimum absolute atomic E-state index is 0.208. The van der Waals surface area contributed by atoms with Crippen LogP contribution < -0.4 is 0 Å². The molecule has 2 rings (SSSR count). The first-order valence-electron chi connectivity index (χ1n) is 6.28. The number of carbonyl (C=O) groups is 1. The molecular weight excluding hydrogens is 234 g/mol. The molecule has 0 atom stereocenters. The number of benzene rings is 1. The molecule has 92 valence electrons. The molecule has 0 radical (unpaired) electrons. The Labute approximate surface area is 108 Å². The van der Waals surface area contributed by atoms with Crippen LogP contribution in [-0.4, -0.2) is 23.9 Å². The minimum Gasteiger partial charge on any atom is -0.342 e. The molecule has 2 nitrogen and oxygen atoms in total. The maximum atomic E-state index is 12.1. The molecule has 3 heteroatoms. The summed E-state index contributed by atoms with van der Waals surface area (Å²) in [5, 5.41) is 0.690. The predicted octanol–water partition coefficient (Wildman–Crippen LogP) is 3.29. The number of halogens is 1. The number of hydrogen-bond donors (Lipinski definition) is 0. The molecular formula is C14H18ClNO. The average molecular weight is 252 g/mol. The third kappa shape index (κ3) is 3.47. The highest BCUT2D eigenvalue weighted by molar-refractivity contribution is 6.31. The quantitative estimate of drug-likeness (QED) is 0.790. The molecule has 1 aliphatic heterocycles. The van der Waals surface area contributed by atoms with E-state index >= 15 is 0 Å². The van der Waals surface area contributed by atoms with Gasteiger partial charge in [0.25, 0.3) is 0 Å². The largest absolute Gasteiger partial charge is 0.342 e. The second kappa shape index (κ2) is 6.06. The van der Waals surface area contributed by atoms with E-state index in [1.165, 1.54) is 12.8 Å². The van der Waals surface area contributed by atoms with E-state index in [1.807, 2.05) is 29.2 Å². The monoisotopic (exact) mass is 251 g/mol. The Bertz CT molecular complexity index is 384. The van der Waals surface area contributed by atoms with Crippen LogP contribution in [0.3, 0.4) is 0 Å². The summed E-state index contributed by atoms with van der Waals surface area (Å²) < 4.78 is 0. The summed E-state index contributed by atoms with van der Waals surface area (Å²) in [6.45, 7) is 1.81. The summed E-state index contributed by atoms with van der Waals surface area (Å²) in [5.41, 5.74) is 0.934. The van der Waals surface area contributed by atoms with Gasteiger partial charge < -0.3 is 4.90 Å². The Balaban J connectivity index is 1.98. The predicted molar refractivity (Wildman–Crippen MR) is 70.2 cm³/mol. The number of likely N-dealkylation sites (tertiary alicyclic amines) is 1. The molecule has 0 aromatic heterocycles. The molecule has 1 heterocycles. The van der Waals surface area contributed by atoms with E-state index in [0.717, 1.165) is 31.5 Å². The Hall–Kier alpha value is -1.02. The van der Waals surface area contributed by atoms with Crippen LogP contribution in [0.5, 0.6) is 0 Å². The van der Waals surface area contributed by atoms with E-state index in [1.54, 1.807) is 0 Å². The van der Waals surface area contributed by atoms with Crippen molar-refractivity contribution in [3.05, 3.63) is 34.9 Å². The molecule has 0 bridgehead atoms. The van der Waals surface area contributed by atoms with Crippen molar-refractivity contribution in [3.8, 4) is 0 Å². The minimum atomic E-state index is 0.208. The maximum absolute atomic E-state index is 12.1. The smallest absolute Gasteiger partial charge is 0.227 e. The van der Waals surface area contributed by atoms with Gasteiger partial charge in [-0.25, -0.2) is 0 Å². The number of hydrogen-bond acceptors (Lipinski definition) is 1. The number of rotatable bonds is 2. The first-order chi connectivity index (χ1) is 8.27. The van der Waals surface area contributed by atoms with Crippen LogP contribution in [0.4, 0.5) is 0 Å². The highest BCUT2D eigenvalue weighted by Gasteiger charge is 2.16. The van der Waals surface area contributed by atoms with Crippen LogP contribution in [0, 0.1) is 0 Å². The fourth-order valence-corrected chi connectivity index (χ4v) is 2.44. The third-order valence-corrected chi connectivity index (χ3v) is 3.63. The first kappa shape index (κ1) is 12.4. The van der Waals surface area contributed by atoms with Gasteiger partial charge in [-0.05, 0) is 24.5 Å². The maximum Gasteiger partial charge on any atom is 0.227 e. The van der Waals surface area contributed by atoms with E-state index in [9.17, 15) is 4.79 Å². The Morgan fingerprint density at radius 1 is 1.12 bits per heavy atom. The second-order valence-electron chi connectivity index (χ2n) is 4.56. The van der Waals surface area contributed by atoms with Crippen LogP contribution in [0.25, 0.3) is 0 Å². The molecule has 0 N–H and O–H groups in total. The number of carbonyl (C=O) groups excluding carboxylic acids is 1. The molecule has 1 aliphatic rings. The first-order valence-corrected chi connectivity index (χ1v) is 6.66. The van der Waals surface area contributed by atoms with Gasteiger partial charge in [0.1, 0.15) is 0 Å². The third-order valence-electron chi connectivity index (χ3n) is 3.26. The van der Waals surface area contributed by atoms with Crippen LogP contribution in [-0.2, 0) is 11.2 Å². The van der Waals surface area contributed by atoms with Crippen LogP contribution >= 0.6 is 11.6 Å². The van der Waals surface area contributed by atoms with Crippen molar-refractivity contribution in [2.24, 2.45) is 0 Å². The van der Waals surface area contributed by atoms with Crippen molar-refractivity contribution in [2.75, 3.05) is 13.1 Å². The van der Waals surface area contributed by atoms with Gasteiger partial charge in [-0.1, -0.05) is 42.6 Å². The van der Waals surface area contributed by atoms with Gasteiger partial charge in [-0.2, -0.15) is 0 Å². The van der Waals surface area contributed by atoms with Crippen molar-refractivity contribution in [3.63, 3.8) is 0 Å². The van der Waals surface area contributed by atoms with E-state index in [4.69, 9.17) is 11.6 Å². The van der Waals surface area contributed by atoms with E-state index in [2.05, 4.69) is 0 Å². The zero-order valence-corrected chi connectivity index (χ0v) is 10.7. The van der Waals surface area contributed by atoms with E-state index in [-0.39, 0.29) is 5.91 Å². The average Bonchev–Trinajstić information content (AvgIpc) is 2.61. The summed E-state index contributed by atoms with van der Waals surface area (Å²) in [6, 6.07) is 7.59. The van der Waals surface area contributed by atoms with Crippen LogP contribution in [0.15, 0.2) is 24.3 Å². The fraction of sp³-hybridized carbons (Fsp3) is 0.500. The van der Waals surface area contributed by atoms with Crippen LogP contribution in [0.2, 0.25) is 5.02 Å². The van der Waals surface area contributed by atoms with Gasteiger partial charge in [0, 0.05) is 18.1 Å². The number of amides is 1. The summed E-state index contributed by atoms with van der Waals surface area (Å²) >= 11 is 6.07. The van der Waals surface area contributed by atoms with Gasteiger partial charge in [0.15, 0.2) is 0 Å². The lowest BCUT2D eigenvalue weighted by molar-refractivity contribution is -0.130. The molecule has 1 fully saturated rings. The van der Waals surface area contributed by atoms with E-state index in [0.29, 0.717) is 11.4 Å². The summed E-state index contributed by atoms with van der Waals surface area (Å²) in [5.74, 6) is 0.208. The lowest BCUT2D eigenvalue weighted by Gasteiger charge is -2.20. The Kier molecular flexibility index (Phi) is 4.43. The summed E-state index contributed by atoms with van der Waals surface area (Å²) in [6.07, 6.45) is 5.19. The van der Waals surface area contributed by atoms with Crippen molar-refractivity contribution in [2.45, 2.75) is 32.1 Å². The van der Waals surface area contributed by atoms with Crippen LogP contribution in [0.1, 0.15) is 31.2 Å².